The molecule has 0 radical (unpaired) electrons. The third-order valence-corrected chi connectivity index (χ3v) is 10.3. The van der Waals surface area contributed by atoms with E-state index in [9.17, 15) is 0 Å². The Balaban J connectivity index is 2.59. The van der Waals surface area contributed by atoms with Crippen molar-refractivity contribution in [2.24, 2.45) is 5.92 Å². The van der Waals surface area contributed by atoms with Crippen molar-refractivity contribution in [3.63, 3.8) is 0 Å². The molecule has 0 saturated carbocycles. The van der Waals surface area contributed by atoms with E-state index in [1.54, 1.807) is 0 Å². The van der Waals surface area contributed by atoms with Crippen LogP contribution in [0.4, 0.5) is 0 Å². The molecule has 2 rings (SSSR count). The molecule has 0 saturated heterocycles. The van der Waals surface area contributed by atoms with Gasteiger partial charge in [0, 0.05) is 12.5 Å². The average molecular weight is 403 g/mol. The fourth-order valence-corrected chi connectivity index (χ4v) is 7.89. The summed E-state index contributed by atoms with van der Waals surface area (Å²) in [6.07, 6.45) is 0. The van der Waals surface area contributed by atoms with Gasteiger partial charge in [0.15, 0.2) is 0 Å². The van der Waals surface area contributed by atoms with E-state index in [2.05, 4.69) is 111 Å². The summed E-state index contributed by atoms with van der Waals surface area (Å²) in [5.41, 5.74) is 0. The van der Waals surface area contributed by atoms with E-state index < -0.39 is 8.32 Å². The molecule has 128 valence electrons. The maximum absolute atomic E-state index is 6.84. The number of benzene rings is 2. The number of halogens is 1. The van der Waals surface area contributed by atoms with E-state index in [1.807, 2.05) is 0 Å². The molecule has 0 bridgehead atoms. The first-order valence-electron chi connectivity index (χ1n) is 8.38. The highest BCUT2D eigenvalue weighted by Crippen LogP contribution is 2.37. The molecule has 0 aromatic heterocycles. The van der Waals surface area contributed by atoms with Gasteiger partial charge in [-0.25, -0.2) is 0 Å². The fourth-order valence-electron chi connectivity index (χ4n) is 3.10. The summed E-state index contributed by atoms with van der Waals surface area (Å²) >= 11 is 3.51. The molecule has 0 amide bonds. The highest BCUT2D eigenvalue weighted by Gasteiger charge is 2.50. The minimum absolute atomic E-state index is 0.0169. The van der Waals surface area contributed by atoms with E-state index in [1.165, 1.54) is 10.4 Å². The van der Waals surface area contributed by atoms with Crippen molar-refractivity contribution in [1.82, 2.24) is 0 Å². The summed E-state index contributed by atoms with van der Waals surface area (Å²) in [7, 11) is -2.42. The van der Waals surface area contributed by atoms with Crippen molar-refractivity contribution in [2.75, 3.05) is 6.61 Å². The topological polar surface area (TPSA) is 9.23 Å². The summed E-state index contributed by atoms with van der Waals surface area (Å²) in [6.45, 7) is 13.7. The summed E-state index contributed by atoms with van der Waals surface area (Å²) in [5, 5.41) is 2.65. The minimum Gasteiger partial charge on any atom is -0.407 e. The van der Waals surface area contributed by atoms with Crippen molar-refractivity contribution in [3.8, 4) is 0 Å². The van der Waals surface area contributed by atoms with Crippen LogP contribution in [0.5, 0.6) is 0 Å². The van der Waals surface area contributed by atoms with Gasteiger partial charge < -0.3 is 4.43 Å². The van der Waals surface area contributed by atoms with Gasteiger partial charge in [-0.15, -0.1) is 0 Å². The molecular formula is C21H27BrOSi. The Kier molecular flexibility index (Phi) is 6.24. The zero-order valence-corrected chi connectivity index (χ0v) is 17.6. The van der Waals surface area contributed by atoms with Crippen LogP contribution in [0.3, 0.4) is 0 Å². The largest absolute Gasteiger partial charge is 0.407 e. The number of rotatable bonds is 6. The average Bonchev–Trinajstić information content (AvgIpc) is 2.56. The Hall–Kier alpha value is -1.16. The van der Waals surface area contributed by atoms with Gasteiger partial charge >= 0.3 is 0 Å². The molecule has 2 aromatic carbocycles. The van der Waals surface area contributed by atoms with Gasteiger partial charge in [0.2, 0.25) is 0 Å². The third kappa shape index (κ3) is 3.90. The maximum Gasteiger partial charge on any atom is 0.261 e. The highest BCUT2D eigenvalue weighted by molar-refractivity contribution is 9.11. The van der Waals surface area contributed by atoms with Gasteiger partial charge in [0.1, 0.15) is 0 Å². The predicted octanol–water partition coefficient (Wildman–Crippen LogP) is 5.11. The molecule has 1 atom stereocenters. The van der Waals surface area contributed by atoms with Crippen LogP contribution in [0.15, 0.2) is 71.7 Å². The first-order chi connectivity index (χ1) is 11.3. The second-order valence-corrected chi connectivity index (χ2v) is 12.6. The first kappa shape index (κ1) is 19.2. The van der Waals surface area contributed by atoms with Gasteiger partial charge in [-0.3, -0.25) is 0 Å². The Labute approximate surface area is 156 Å². The fraction of sp³-hybridized carbons (Fsp3) is 0.333. The highest BCUT2D eigenvalue weighted by atomic mass is 79.9. The van der Waals surface area contributed by atoms with Crippen LogP contribution in [-0.4, -0.2) is 14.9 Å². The molecule has 2 aromatic rings. The Morgan fingerprint density at radius 1 is 1.00 bits per heavy atom. The van der Waals surface area contributed by atoms with Crippen molar-refractivity contribution < 1.29 is 4.43 Å². The third-order valence-electron chi connectivity index (χ3n) is 4.50. The summed E-state index contributed by atoms with van der Waals surface area (Å²) in [6, 6.07) is 21.5. The second kappa shape index (κ2) is 7.81. The molecule has 0 spiro atoms. The van der Waals surface area contributed by atoms with Crippen LogP contribution in [-0.2, 0) is 4.43 Å². The lowest BCUT2D eigenvalue weighted by Gasteiger charge is -2.43. The zero-order chi connectivity index (χ0) is 17.8. The van der Waals surface area contributed by atoms with Crippen LogP contribution in [0, 0.1) is 5.92 Å². The van der Waals surface area contributed by atoms with Crippen molar-refractivity contribution >= 4 is 34.6 Å². The molecule has 0 aliphatic heterocycles. The molecule has 24 heavy (non-hydrogen) atoms. The van der Waals surface area contributed by atoms with Crippen molar-refractivity contribution in [2.45, 2.75) is 32.7 Å². The normalized spacial score (nSPS) is 13.5. The van der Waals surface area contributed by atoms with E-state index >= 15 is 0 Å². The maximum atomic E-state index is 6.84. The van der Waals surface area contributed by atoms with Crippen molar-refractivity contribution in [1.29, 1.82) is 0 Å². The lowest BCUT2D eigenvalue weighted by atomic mass is 10.2. The molecular weight excluding hydrogens is 376 g/mol. The molecule has 1 nitrogen and oxygen atoms in total. The quantitative estimate of drug-likeness (QED) is 0.610. The molecule has 0 unspecified atom stereocenters. The predicted molar refractivity (Wildman–Crippen MR) is 111 cm³/mol. The molecule has 0 heterocycles. The van der Waals surface area contributed by atoms with Crippen LogP contribution in [0.1, 0.15) is 27.7 Å². The van der Waals surface area contributed by atoms with E-state index in [0.29, 0.717) is 6.61 Å². The Bertz CT molecular complexity index is 622. The van der Waals surface area contributed by atoms with E-state index in [0.717, 1.165) is 4.48 Å². The van der Waals surface area contributed by atoms with Crippen LogP contribution in [0.2, 0.25) is 5.04 Å². The molecule has 0 fully saturated rings. The van der Waals surface area contributed by atoms with Gasteiger partial charge in [0.05, 0.1) is 0 Å². The smallest absolute Gasteiger partial charge is 0.261 e. The van der Waals surface area contributed by atoms with Gasteiger partial charge in [0.25, 0.3) is 8.32 Å². The SMILES string of the molecule is C=C(Br)[C@H](C)CO[Si](c1ccccc1)(c1ccccc1)C(C)(C)C. The van der Waals surface area contributed by atoms with Crippen molar-refractivity contribution in [3.05, 3.63) is 71.7 Å². The van der Waals surface area contributed by atoms with Gasteiger partial charge in [-0.05, 0) is 19.9 Å². The molecule has 0 N–H and O–H groups in total. The Morgan fingerprint density at radius 2 is 1.42 bits per heavy atom. The number of hydrogen-bond donors (Lipinski definition) is 0. The lowest BCUT2D eigenvalue weighted by molar-refractivity contribution is 0.267. The summed E-state index contributed by atoms with van der Waals surface area (Å²) < 4.78 is 7.82. The van der Waals surface area contributed by atoms with Crippen LogP contribution >= 0.6 is 15.9 Å². The standard InChI is InChI=1S/C21H27BrOSi/c1-17(18(2)22)16-23-24(21(3,4)5,19-12-8-6-9-13-19)20-14-10-7-11-15-20/h6-15,17H,2,16H2,1,3-5H3/t17-/m1/s1. The molecule has 3 heteroatoms. The summed E-state index contributed by atoms with van der Waals surface area (Å²) in [5.74, 6) is 0.270. The number of hydrogen-bond acceptors (Lipinski definition) is 1. The van der Waals surface area contributed by atoms with E-state index in [-0.39, 0.29) is 11.0 Å². The minimum atomic E-state index is -2.42. The Morgan fingerprint density at radius 3 is 1.75 bits per heavy atom. The van der Waals surface area contributed by atoms with Crippen LogP contribution < -0.4 is 10.4 Å². The lowest BCUT2D eigenvalue weighted by Crippen LogP contribution is -2.66. The second-order valence-electron chi connectivity index (χ2n) is 7.32. The van der Waals surface area contributed by atoms with Crippen LogP contribution in [0.25, 0.3) is 0 Å². The zero-order valence-electron chi connectivity index (χ0n) is 15.1. The van der Waals surface area contributed by atoms with Gasteiger partial charge in [-0.1, -0.05) is 111 Å². The summed E-state index contributed by atoms with van der Waals surface area (Å²) in [4.78, 5) is 0. The monoisotopic (exact) mass is 402 g/mol. The first-order valence-corrected chi connectivity index (χ1v) is 11.1. The molecule has 0 aliphatic rings. The van der Waals surface area contributed by atoms with E-state index in [4.69, 9.17) is 4.43 Å². The molecule has 0 aliphatic carbocycles. The van der Waals surface area contributed by atoms with Gasteiger partial charge in [-0.2, -0.15) is 0 Å².